The highest BCUT2D eigenvalue weighted by Crippen LogP contribution is 2.09. The molecule has 0 fully saturated rings. The number of H-pyrrole nitrogens is 1. The molecule has 0 aliphatic carbocycles. The lowest BCUT2D eigenvalue weighted by atomic mass is 10.1. The third kappa shape index (κ3) is 4.08. The average Bonchev–Trinajstić information content (AvgIpc) is 2.95. The fourth-order valence-corrected chi connectivity index (χ4v) is 1.26. The summed E-state index contributed by atoms with van der Waals surface area (Å²) in [5.41, 5.74) is 6.77. The maximum atomic E-state index is 8.77. The van der Waals surface area contributed by atoms with Crippen molar-refractivity contribution in [3.63, 3.8) is 0 Å². The number of rotatable bonds is 4. The van der Waals surface area contributed by atoms with Gasteiger partial charge in [0.1, 0.15) is 30.2 Å². The van der Waals surface area contributed by atoms with Gasteiger partial charge in [-0.2, -0.15) is 0 Å². The van der Waals surface area contributed by atoms with Gasteiger partial charge in [-0.25, -0.2) is 15.0 Å². The molecule has 2 rings (SSSR count). The van der Waals surface area contributed by atoms with Crippen molar-refractivity contribution in [2.24, 2.45) is 0 Å². The first-order valence-corrected chi connectivity index (χ1v) is 5.66. The number of nitrogens with one attached hydrogen (secondary N) is 1. The van der Waals surface area contributed by atoms with Gasteiger partial charge in [0.05, 0.1) is 19.5 Å². The molecule has 0 aromatic carbocycles. The molecule has 0 radical (unpaired) electrons. The van der Waals surface area contributed by atoms with Crippen LogP contribution in [-0.2, 0) is 0 Å². The molecule has 0 spiro atoms. The first-order chi connectivity index (χ1) is 9.51. The van der Waals surface area contributed by atoms with Crippen molar-refractivity contribution in [1.82, 2.24) is 19.9 Å². The fraction of sp³-hybridized carbons (Fsp3) is 0.500. The first kappa shape index (κ1) is 16.2. The number of hydrogen-bond acceptors (Lipinski definition) is 9. The molecule has 0 saturated heterocycles. The van der Waals surface area contributed by atoms with Gasteiger partial charge in [0.25, 0.3) is 0 Å². The second-order valence-electron chi connectivity index (χ2n) is 3.85. The van der Waals surface area contributed by atoms with E-state index in [1.54, 1.807) is 0 Å². The molecular formula is C10H17N5O5. The molecule has 10 nitrogen and oxygen atoms in total. The van der Waals surface area contributed by atoms with Gasteiger partial charge in [-0.1, -0.05) is 0 Å². The van der Waals surface area contributed by atoms with Crippen molar-refractivity contribution < 1.29 is 25.5 Å². The van der Waals surface area contributed by atoms with Crippen molar-refractivity contribution >= 4 is 17.0 Å². The van der Waals surface area contributed by atoms with Gasteiger partial charge in [0.15, 0.2) is 11.5 Å². The Labute approximate surface area is 113 Å². The molecule has 0 saturated carbocycles. The van der Waals surface area contributed by atoms with Crippen LogP contribution in [0.5, 0.6) is 0 Å². The summed E-state index contributed by atoms with van der Waals surface area (Å²) in [7, 11) is 0. The highest BCUT2D eigenvalue weighted by molar-refractivity contribution is 5.80. The van der Waals surface area contributed by atoms with Crippen LogP contribution in [-0.4, -0.2) is 77.0 Å². The lowest BCUT2D eigenvalue weighted by Gasteiger charge is -2.19. The summed E-state index contributed by atoms with van der Waals surface area (Å²) < 4.78 is 0. The van der Waals surface area contributed by atoms with E-state index in [4.69, 9.17) is 31.3 Å². The molecule has 112 valence electrons. The maximum Gasteiger partial charge on any atom is 0.162 e. The van der Waals surface area contributed by atoms with Crippen LogP contribution in [0.1, 0.15) is 0 Å². The van der Waals surface area contributed by atoms with Crippen molar-refractivity contribution in [3.05, 3.63) is 12.7 Å². The molecule has 2 aromatic heterocycles. The van der Waals surface area contributed by atoms with Gasteiger partial charge in [-0.15, -0.1) is 0 Å². The number of aliphatic hydroxyl groups is 5. The zero-order valence-electron chi connectivity index (χ0n) is 10.5. The number of aromatic amines is 1. The first-order valence-electron chi connectivity index (χ1n) is 5.66. The summed E-state index contributed by atoms with van der Waals surface area (Å²) in [4.78, 5) is 14.4. The Morgan fingerprint density at radius 3 is 2.15 bits per heavy atom. The summed E-state index contributed by atoms with van der Waals surface area (Å²) in [6, 6.07) is 0. The minimum absolute atomic E-state index is 0.409. The van der Waals surface area contributed by atoms with Crippen molar-refractivity contribution in [1.29, 1.82) is 0 Å². The van der Waals surface area contributed by atoms with Gasteiger partial charge in [-0.05, 0) is 0 Å². The molecule has 20 heavy (non-hydrogen) atoms. The minimum atomic E-state index is -1.49. The van der Waals surface area contributed by atoms with Crippen molar-refractivity contribution in [2.75, 3.05) is 18.9 Å². The quantitative estimate of drug-likeness (QED) is 0.308. The molecule has 0 bridgehead atoms. The monoisotopic (exact) mass is 287 g/mol. The van der Waals surface area contributed by atoms with E-state index in [-0.39, 0.29) is 0 Å². The number of nitrogens with two attached hydrogens (primary N) is 1. The smallest absolute Gasteiger partial charge is 0.162 e. The van der Waals surface area contributed by atoms with Gasteiger partial charge in [0, 0.05) is 0 Å². The minimum Gasteiger partial charge on any atom is -0.394 e. The second kappa shape index (κ2) is 7.67. The molecule has 10 heteroatoms. The fourth-order valence-electron chi connectivity index (χ4n) is 1.26. The van der Waals surface area contributed by atoms with E-state index in [1.165, 1.54) is 12.7 Å². The molecule has 0 unspecified atom stereocenters. The largest absolute Gasteiger partial charge is 0.394 e. The topological polar surface area (TPSA) is 182 Å². The number of nitrogens with zero attached hydrogens (tertiary/aromatic N) is 3. The lowest BCUT2D eigenvalue weighted by Crippen LogP contribution is -2.41. The summed E-state index contributed by atoms with van der Waals surface area (Å²) in [6.07, 6.45) is -1.36. The van der Waals surface area contributed by atoms with Crippen LogP contribution in [0.4, 0.5) is 5.82 Å². The van der Waals surface area contributed by atoms with Crippen molar-refractivity contribution in [2.45, 2.75) is 18.3 Å². The lowest BCUT2D eigenvalue weighted by molar-refractivity contribution is -0.0900. The predicted molar refractivity (Wildman–Crippen MR) is 68.3 cm³/mol. The molecule has 0 aliphatic heterocycles. The van der Waals surface area contributed by atoms with Gasteiger partial charge in [-0.3, -0.25) is 0 Å². The number of anilines is 1. The van der Waals surface area contributed by atoms with E-state index >= 15 is 0 Å². The Hall–Kier alpha value is -1.85. The molecule has 2 heterocycles. The normalized spacial score (nSPS) is 13.9. The highest BCUT2D eigenvalue weighted by Gasteiger charge is 2.22. The average molecular weight is 287 g/mol. The number of fused-ring (bicyclic) bond motifs is 1. The number of aliphatic hydroxyl groups excluding tert-OH is 5. The van der Waals surface area contributed by atoms with Crippen LogP contribution in [0, 0.1) is 0 Å². The van der Waals surface area contributed by atoms with Gasteiger partial charge < -0.3 is 36.3 Å². The van der Waals surface area contributed by atoms with Crippen LogP contribution < -0.4 is 5.73 Å². The molecule has 8 N–H and O–H groups in total. The summed E-state index contributed by atoms with van der Waals surface area (Å²) in [5.74, 6) is 0.409. The Morgan fingerprint density at radius 1 is 1.05 bits per heavy atom. The third-order valence-corrected chi connectivity index (χ3v) is 2.41. The molecular weight excluding hydrogens is 270 g/mol. The number of imidazole rings is 1. The van der Waals surface area contributed by atoms with Crippen LogP contribution in [0.25, 0.3) is 11.2 Å². The Morgan fingerprint density at radius 2 is 1.65 bits per heavy atom. The predicted octanol–water partition coefficient (Wildman–Crippen LogP) is -3.01. The van der Waals surface area contributed by atoms with E-state index in [0.717, 1.165) is 0 Å². The zero-order chi connectivity index (χ0) is 15.1. The SMILES string of the molecule is Nc1ncnc2[nH]cnc12.OC[C@@H](O)C(O)[C@H](O)CO. The maximum absolute atomic E-state index is 8.77. The summed E-state index contributed by atoms with van der Waals surface area (Å²) in [6.45, 7) is -1.28. The standard InChI is InChI=1S/C5H5N5.C5H12O5/c6-4-3-5(9-1-7-3)10-2-8-4;6-1-3(8)5(10)4(9)2-7/h1-2H,(H3,6,7,8,9,10);3-10H,1-2H2/t;3-,4-/m.1/s1. The molecule has 0 amide bonds. The van der Waals surface area contributed by atoms with Gasteiger partial charge >= 0.3 is 0 Å². The van der Waals surface area contributed by atoms with Crippen molar-refractivity contribution in [3.8, 4) is 0 Å². The Balaban J connectivity index is 0.000000200. The van der Waals surface area contributed by atoms with E-state index in [2.05, 4.69) is 19.9 Å². The van der Waals surface area contributed by atoms with Gasteiger partial charge in [0.2, 0.25) is 0 Å². The second-order valence-corrected chi connectivity index (χ2v) is 3.85. The molecule has 0 aliphatic rings. The van der Waals surface area contributed by atoms with Crippen LogP contribution in [0.2, 0.25) is 0 Å². The number of aromatic nitrogens is 4. The summed E-state index contributed by atoms with van der Waals surface area (Å²) in [5, 5.41) is 42.6. The third-order valence-electron chi connectivity index (χ3n) is 2.41. The number of nitrogen functional groups attached to an aromatic ring is 1. The number of hydrogen-bond donors (Lipinski definition) is 7. The molecule has 2 aromatic rings. The van der Waals surface area contributed by atoms with Crippen LogP contribution in [0.15, 0.2) is 12.7 Å². The Kier molecular flexibility index (Phi) is 6.21. The zero-order valence-corrected chi connectivity index (χ0v) is 10.5. The van der Waals surface area contributed by atoms with Crippen LogP contribution >= 0.6 is 0 Å². The molecule has 2 atom stereocenters. The Bertz CT molecular complexity index is 511. The van der Waals surface area contributed by atoms with Crippen LogP contribution in [0.3, 0.4) is 0 Å². The van der Waals surface area contributed by atoms with E-state index in [9.17, 15) is 0 Å². The van der Waals surface area contributed by atoms with E-state index < -0.39 is 31.5 Å². The van der Waals surface area contributed by atoms with E-state index in [1.807, 2.05) is 0 Å². The summed E-state index contributed by atoms with van der Waals surface area (Å²) >= 11 is 0. The highest BCUT2D eigenvalue weighted by atomic mass is 16.4. The van der Waals surface area contributed by atoms with E-state index in [0.29, 0.717) is 17.0 Å².